The molecule has 1 aliphatic carbocycles. The number of carbonyl (C=O) groups is 1. The lowest BCUT2D eigenvalue weighted by atomic mass is 10.00. The molecule has 0 bridgehead atoms. The van der Waals surface area contributed by atoms with Crippen molar-refractivity contribution in [1.29, 1.82) is 0 Å². The lowest BCUT2D eigenvalue weighted by Gasteiger charge is -2.20. The Hall–Kier alpha value is -0.300. The van der Waals surface area contributed by atoms with Crippen molar-refractivity contribution in [2.45, 2.75) is 36.2 Å². The van der Waals surface area contributed by atoms with Crippen LogP contribution < -0.4 is 5.73 Å². The standard InChI is InChI=1S/C10H19NO4S/c1-15-9(14)10(11)3-2-8(4-10)16-6-7(13)5-12/h7-8,12-13H,2-6,11H2,1H3. The van der Waals surface area contributed by atoms with E-state index in [1.54, 1.807) is 11.8 Å². The predicted molar refractivity (Wildman–Crippen MR) is 62.1 cm³/mol. The highest BCUT2D eigenvalue weighted by Crippen LogP contribution is 2.36. The number of methoxy groups -OCH3 is 1. The fraction of sp³-hybridized carbons (Fsp3) is 0.900. The first-order valence-corrected chi connectivity index (χ1v) is 6.34. The Morgan fingerprint density at radius 1 is 1.75 bits per heavy atom. The quantitative estimate of drug-likeness (QED) is 0.569. The molecule has 0 saturated heterocycles. The van der Waals surface area contributed by atoms with E-state index in [1.165, 1.54) is 7.11 Å². The molecule has 6 heteroatoms. The Labute approximate surface area is 99.3 Å². The van der Waals surface area contributed by atoms with E-state index in [1.807, 2.05) is 0 Å². The average Bonchev–Trinajstić information content (AvgIpc) is 2.68. The smallest absolute Gasteiger partial charge is 0.325 e. The van der Waals surface area contributed by atoms with E-state index in [-0.39, 0.29) is 17.8 Å². The predicted octanol–water partition coefficient (Wildman–Crippen LogP) is -0.504. The van der Waals surface area contributed by atoms with Crippen molar-refractivity contribution >= 4 is 17.7 Å². The number of nitrogens with two attached hydrogens (primary N) is 1. The number of aliphatic hydroxyl groups is 2. The van der Waals surface area contributed by atoms with Gasteiger partial charge >= 0.3 is 5.97 Å². The molecule has 0 aromatic carbocycles. The molecule has 1 aliphatic rings. The van der Waals surface area contributed by atoms with Crippen LogP contribution in [0, 0.1) is 0 Å². The molecule has 94 valence electrons. The van der Waals surface area contributed by atoms with Gasteiger partial charge in [0.1, 0.15) is 5.54 Å². The van der Waals surface area contributed by atoms with Crippen LogP contribution in [0.15, 0.2) is 0 Å². The third kappa shape index (κ3) is 3.35. The molecule has 1 fully saturated rings. The largest absolute Gasteiger partial charge is 0.468 e. The number of carbonyl (C=O) groups excluding carboxylic acids is 1. The Bertz CT molecular complexity index is 251. The Balaban J connectivity index is 2.37. The number of aliphatic hydroxyl groups excluding tert-OH is 2. The number of hydrogen-bond donors (Lipinski definition) is 3. The zero-order chi connectivity index (χ0) is 12.2. The first-order chi connectivity index (χ1) is 7.51. The highest BCUT2D eigenvalue weighted by Gasteiger charge is 2.43. The van der Waals surface area contributed by atoms with Crippen molar-refractivity contribution in [2.75, 3.05) is 19.5 Å². The van der Waals surface area contributed by atoms with Crippen LogP contribution in [-0.4, -0.2) is 52.5 Å². The fourth-order valence-corrected chi connectivity index (χ4v) is 3.16. The van der Waals surface area contributed by atoms with Gasteiger partial charge in [-0.05, 0) is 19.3 Å². The van der Waals surface area contributed by atoms with Gasteiger partial charge in [-0.3, -0.25) is 4.79 Å². The second kappa shape index (κ2) is 5.86. The van der Waals surface area contributed by atoms with Crippen molar-refractivity contribution in [1.82, 2.24) is 0 Å². The number of thioether (sulfide) groups is 1. The Morgan fingerprint density at radius 3 is 3.00 bits per heavy atom. The summed E-state index contributed by atoms with van der Waals surface area (Å²) in [6.45, 7) is -0.232. The molecule has 4 N–H and O–H groups in total. The normalized spacial score (nSPS) is 31.4. The molecule has 0 amide bonds. The van der Waals surface area contributed by atoms with Crippen LogP contribution in [0.3, 0.4) is 0 Å². The molecule has 0 spiro atoms. The van der Waals surface area contributed by atoms with Crippen LogP contribution in [0.2, 0.25) is 0 Å². The Kier molecular flexibility index (Phi) is 5.04. The van der Waals surface area contributed by atoms with Crippen LogP contribution in [0.25, 0.3) is 0 Å². The molecule has 1 rings (SSSR count). The van der Waals surface area contributed by atoms with Gasteiger partial charge in [0, 0.05) is 11.0 Å². The summed E-state index contributed by atoms with van der Waals surface area (Å²) in [5.74, 6) is 0.108. The van der Waals surface area contributed by atoms with E-state index in [0.29, 0.717) is 18.6 Å². The SMILES string of the molecule is COC(=O)C1(N)CCC(SCC(O)CO)C1. The van der Waals surface area contributed by atoms with Gasteiger partial charge in [-0.2, -0.15) is 11.8 Å². The average molecular weight is 249 g/mol. The maximum Gasteiger partial charge on any atom is 0.325 e. The van der Waals surface area contributed by atoms with Crippen LogP contribution in [0.5, 0.6) is 0 Å². The zero-order valence-corrected chi connectivity index (χ0v) is 10.2. The van der Waals surface area contributed by atoms with Gasteiger partial charge in [-0.25, -0.2) is 0 Å². The summed E-state index contributed by atoms with van der Waals surface area (Å²) in [7, 11) is 1.34. The molecule has 3 atom stereocenters. The first-order valence-electron chi connectivity index (χ1n) is 5.29. The minimum Gasteiger partial charge on any atom is -0.468 e. The lowest BCUT2D eigenvalue weighted by molar-refractivity contribution is -0.146. The molecule has 0 aromatic rings. The van der Waals surface area contributed by atoms with Crippen molar-refractivity contribution < 1.29 is 19.7 Å². The van der Waals surface area contributed by atoms with Gasteiger partial charge in [0.2, 0.25) is 0 Å². The molecule has 0 aromatic heterocycles. The third-order valence-corrected chi connectivity index (χ3v) is 4.28. The molecule has 1 saturated carbocycles. The minimum atomic E-state index is -0.865. The first kappa shape index (κ1) is 13.8. The van der Waals surface area contributed by atoms with Gasteiger partial charge in [-0.1, -0.05) is 0 Å². The van der Waals surface area contributed by atoms with Crippen LogP contribution in [0.1, 0.15) is 19.3 Å². The maximum atomic E-state index is 11.4. The summed E-state index contributed by atoms with van der Waals surface area (Å²) in [5.41, 5.74) is 5.08. The monoisotopic (exact) mass is 249 g/mol. The van der Waals surface area contributed by atoms with Gasteiger partial charge in [0.05, 0.1) is 19.8 Å². The van der Waals surface area contributed by atoms with E-state index in [4.69, 9.17) is 10.8 Å². The summed E-state index contributed by atoms with van der Waals surface area (Å²) in [4.78, 5) is 11.4. The highest BCUT2D eigenvalue weighted by atomic mass is 32.2. The van der Waals surface area contributed by atoms with E-state index < -0.39 is 11.6 Å². The fourth-order valence-electron chi connectivity index (χ4n) is 1.86. The van der Waals surface area contributed by atoms with E-state index in [9.17, 15) is 9.90 Å². The van der Waals surface area contributed by atoms with E-state index in [0.717, 1.165) is 6.42 Å². The summed E-state index contributed by atoms with van der Waals surface area (Å²) in [5, 5.41) is 18.1. The molecule has 0 heterocycles. The third-order valence-electron chi connectivity index (χ3n) is 2.83. The van der Waals surface area contributed by atoms with Crippen LogP contribution in [-0.2, 0) is 9.53 Å². The van der Waals surface area contributed by atoms with Gasteiger partial charge in [0.15, 0.2) is 0 Å². The van der Waals surface area contributed by atoms with Gasteiger partial charge < -0.3 is 20.7 Å². The second-order valence-corrected chi connectivity index (χ2v) is 5.52. The van der Waals surface area contributed by atoms with Crippen LogP contribution >= 0.6 is 11.8 Å². The number of ether oxygens (including phenoxy) is 1. The number of hydrogen-bond acceptors (Lipinski definition) is 6. The van der Waals surface area contributed by atoms with Crippen molar-refractivity contribution in [3.8, 4) is 0 Å². The lowest BCUT2D eigenvalue weighted by Crippen LogP contribution is -2.46. The van der Waals surface area contributed by atoms with E-state index >= 15 is 0 Å². The number of esters is 1. The van der Waals surface area contributed by atoms with Crippen LogP contribution in [0.4, 0.5) is 0 Å². The van der Waals surface area contributed by atoms with Crippen molar-refractivity contribution in [3.05, 3.63) is 0 Å². The molecule has 0 aliphatic heterocycles. The second-order valence-electron chi connectivity index (χ2n) is 4.18. The van der Waals surface area contributed by atoms with Gasteiger partial charge in [-0.15, -0.1) is 0 Å². The minimum absolute atomic E-state index is 0.232. The van der Waals surface area contributed by atoms with E-state index in [2.05, 4.69) is 4.74 Å². The summed E-state index contributed by atoms with van der Waals surface area (Å²) >= 11 is 1.55. The zero-order valence-electron chi connectivity index (χ0n) is 9.39. The number of rotatable bonds is 5. The van der Waals surface area contributed by atoms with Crippen molar-refractivity contribution in [3.63, 3.8) is 0 Å². The van der Waals surface area contributed by atoms with Crippen molar-refractivity contribution in [2.24, 2.45) is 5.73 Å². The maximum absolute atomic E-state index is 11.4. The molecule has 5 nitrogen and oxygen atoms in total. The summed E-state index contributed by atoms with van der Waals surface area (Å²) in [6.07, 6.45) is 1.33. The topological polar surface area (TPSA) is 92.8 Å². The molecular weight excluding hydrogens is 230 g/mol. The summed E-state index contributed by atoms with van der Waals surface area (Å²) in [6, 6.07) is 0. The molecule has 16 heavy (non-hydrogen) atoms. The Morgan fingerprint density at radius 2 is 2.44 bits per heavy atom. The molecular formula is C10H19NO4S. The highest BCUT2D eigenvalue weighted by molar-refractivity contribution is 7.99. The summed E-state index contributed by atoms with van der Waals surface area (Å²) < 4.78 is 4.67. The van der Waals surface area contributed by atoms with Gasteiger partial charge in [0.25, 0.3) is 0 Å². The molecule has 0 radical (unpaired) electrons. The molecule has 3 unspecified atom stereocenters.